The van der Waals surface area contributed by atoms with Gasteiger partial charge in [0.05, 0.1) is 26.0 Å². The van der Waals surface area contributed by atoms with Gasteiger partial charge in [-0.2, -0.15) is 13.2 Å². The lowest BCUT2D eigenvalue weighted by Crippen LogP contribution is -2.51. The number of nitrogens with one attached hydrogen (secondary N) is 2. The molecule has 1 heterocycles. The minimum atomic E-state index is -5.28. The largest absolute Gasteiger partial charge is 0.493 e. The van der Waals surface area contributed by atoms with E-state index in [2.05, 4.69) is 15.6 Å². The van der Waals surface area contributed by atoms with Gasteiger partial charge >= 0.3 is 6.18 Å². The van der Waals surface area contributed by atoms with Crippen molar-refractivity contribution in [2.45, 2.75) is 38.1 Å². The second-order valence-electron chi connectivity index (χ2n) is 11.1. The Morgan fingerprint density at radius 1 is 0.959 bits per heavy atom. The molecule has 4 aromatic rings. The van der Waals surface area contributed by atoms with E-state index in [1.165, 1.54) is 37.4 Å². The van der Waals surface area contributed by atoms with E-state index >= 15 is 0 Å². The van der Waals surface area contributed by atoms with Gasteiger partial charge < -0.3 is 35.1 Å². The third-order valence-corrected chi connectivity index (χ3v) is 7.82. The molecule has 0 fully saturated rings. The summed E-state index contributed by atoms with van der Waals surface area (Å²) >= 11 is 0. The van der Waals surface area contributed by atoms with Gasteiger partial charge in [-0.25, -0.2) is 9.37 Å². The number of nitrogens with zero attached hydrogens (tertiary/aromatic N) is 1. The number of aliphatic hydroxyl groups excluding tert-OH is 1. The quantitative estimate of drug-likeness (QED) is 0.0871. The lowest BCUT2D eigenvalue weighted by molar-refractivity contribution is -0.265. The summed E-state index contributed by atoms with van der Waals surface area (Å²) in [6, 6.07) is 19.8. The lowest BCUT2D eigenvalue weighted by Gasteiger charge is -2.31. The number of amides is 1. The van der Waals surface area contributed by atoms with Crippen LogP contribution in [0.5, 0.6) is 17.2 Å². The second-order valence-corrected chi connectivity index (χ2v) is 11.1. The van der Waals surface area contributed by atoms with Crippen LogP contribution in [0.2, 0.25) is 0 Å². The number of hydrogen-bond acceptors (Lipinski definition) is 8. The fourth-order valence-corrected chi connectivity index (χ4v) is 5.04. The third kappa shape index (κ3) is 9.05. The van der Waals surface area contributed by atoms with Crippen LogP contribution in [0.3, 0.4) is 0 Å². The van der Waals surface area contributed by atoms with Crippen LogP contribution >= 0.6 is 0 Å². The van der Waals surface area contributed by atoms with Crippen LogP contribution in [0.4, 0.5) is 17.6 Å². The highest BCUT2D eigenvalue weighted by Crippen LogP contribution is 2.42. The van der Waals surface area contributed by atoms with Crippen molar-refractivity contribution in [2.75, 3.05) is 40.0 Å². The molecule has 0 saturated heterocycles. The summed E-state index contributed by atoms with van der Waals surface area (Å²) in [7, 11) is 1.32. The number of carbonyl (C=O) groups is 1. The molecule has 2 atom stereocenters. The molecular formula is C36H39F4N3O6. The van der Waals surface area contributed by atoms with E-state index in [0.29, 0.717) is 12.1 Å². The zero-order valence-electron chi connectivity index (χ0n) is 27.3. The van der Waals surface area contributed by atoms with Crippen LogP contribution in [-0.2, 0) is 12.0 Å². The molecule has 4 rings (SSSR count). The minimum Gasteiger partial charge on any atom is -0.493 e. The normalized spacial score (nSPS) is 13.3. The first-order valence-electron chi connectivity index (χ1n) is 15.6. The van der Waals surface area contributed by atoms with E-state index in [9.17, 15) is 27.5 Å². The molecule has 49 heavy (non-hydrogen) atoms. The number of methoxy groups -OCH3 is 1. The smallest absolute Gasteiger partial charge is 0.424 e. The Morgan fingerprint density at radius 2 is 1.67 bits per heavy atom. The molecular weight excluding hydrogens is 646 g/mol. The van der Waals surface area contributed by atoms with E-state index in [-0.39, 0.29) is 66.4 Å². The number of alkyl halides is 3. The summed E-state index contributed by atoms with van der Waals surface area (Å²) in [5.41, 5.74) is -2.84. The summed E-state index contributed by atoms with van der Waals surface area (Å²) in [4.78, 5) is 17.3. The fourth-order valence-electron chi connectivity index (χ4n) is 5.04. The van der Waals surface area contributed by atoms with E-state index < -0.39 is 35.7 Å². The SMILES string of the molecule is CCc1cc([C@@](O)(CNC(=O)c2ccc(OCCO)c(OC)c2)C(F)(F)F)nc(-c2ccc(F)cc2)c1OCCN[C@@H](C)c1ccccc1. The van der Waals surface area contributed by atoms with Crippen molar-refractivity contribution < 1.29 is 46.8 Å². The number of hydrogen-bond donors (Lipinski definition) is 4. The van der Waals surface area contributed by atoms with Crippen molar-refractivity contribution in [3.05, 3.63) is 107 Å². The number of halogens is 4. The molecule has 13 heteroatoms. The molecule has 0 aliphatic heterocycles. The number of pyridine rings is 1. The number of carbonyl (C=O) groups excluding carboxylic acids is 1. The molecule has 3 aromatic carbocycles. The predicted octanol–water partition coefficient (Wildman–Crippen LogP) is 5.74. The number of rotatable bonds is 16. The van der Waals surface area contributed by atoms with Crippen molar-refractivity contribution in [2.24, 2.45) is 0 Å². The molecule has 262 valence electrons. The van der Waals surface area contributed by atoms with E-state index in [0.717, 1.165) is 23.8 Å². The number of benzene rings is 3. The van der Waals surface area contributed by atoms with E-state index in [4.69, 9.17) is 19.3 Å². The topological polar surface area (TPSA) is 122 Å². The van der Waals surface area contributed by atoms with Crippen LogP contribution in [0.1, 0.15) is 47.1 Å². The third-order valence-electron chi connectivity index (χ3n) is 7.82. The first-order chi connectivity index (χ1) is 23.4. The molecule has 0 bridgehead atoms. The average Bonchev–Trinajstić information content (AvgIpc) is 3.11. The van der Waals surface area contributed by atoms with Gasteiger partial charge in [0.1, 0.15) is 30.5 Å². The monoisotopic (exact) mass is 685 g/mol. The Hall–Kier alpha value is -4.72. The molecule has 0 saturated carbocycles. The first kappa shape index (κ1) is 37.1. The van der Waals surface area contributed by atoms with Gasteiger partial charge in [0.25, 0.3) is 5.91 Å². The van der Waals surface area contributed by atoms with Crippen molar-refractivity contribution in [3.8, 4) is 28.5 Å². The van der Waals surface area contributed by atoms with Gasteiger partial charge in [0.2, 0.25) is 5.60 Å². The molecule has 4 N–H and O–H groups in total. The van der Waals surface area contributed by atoms with Gasteiger partial charge in [0, 0.05) is 23.7 Å². The van der Waals surface area contributed by atoms with Gasteiger partial charge in [0.15, 0.2) is 11.5 Å². The summed E-state index contributed by atoms with van der Waals surface area (Å²) in [6.45, 7) is 2.64. The first-order valence-corrected chi connectivity index (χ1v) is 15.6. The van der Waals surface area contributed by atoms with Gasteiger partial charge in [-0.05, 0) is 73.0 Å². The summed E-state index contributed by atoms with van der Waals surface area (Å²) in [5, 5.41) is 25.8. The molecule has 1 aromatic heterocycles. The molecule has 0 spiro atoms. The zero-order chi connectivity index (χ0) is 35.6. The zero-order valence-corrected chi connectivity index (χ0v) is 27.3. The molecule has 1 amide bonds. The van der Waals surface area contributed by atoms with Crippen molar-refractivity contribution in [1.82, 2.24) is 15.6 Å². The van der Waals surface area contributed by atoms with Gasteiger partial charge in [-0.15, -0.1) is 0 Å². The molecule has 0 unspecified atom stereocenters. The van der Waals surface area contributed by atoms with Crippen molar-refractivity contribution in [1.29, 1.82) is 0 Å². The van der Waals surface area contributed by atoms with Gasteiger partial charge in [-0.1, -0.05) is 37.3 Å². The Kier molecular flexibility index (Phi) is 12.6. The number of aromatic nitrogens is 1. The summed E-state index contributed by atoms with van der Waals surface area (Å²) in [5.74, 6) is -0.965. The van der Waals surface area contributed by atoms with Crippen LogP contribution in [0.15, 0.2) is 78.9 Å². The van der Waals surface area contributed by atoms with E-state index in [1.54, 1.807) is 6.92 Å². The highest BCUT2D eigenvalue weighted by atomic mass is 19.4. The maximum absolute atomic E-state index is 14.7. The van der Waals surface area contributed by atoms with E-state index in [1.807, 2.05) is 37.3 Å². The Morgan fingerprint density at radius 3 is 2.31 bits per heavy atom. The molecule has 9 nitrogen and oxygen atoms in total. The number of aliphatic hydroxyl groups is 2. The van der Waals surface area contributed by atoms with Gasteiger partial charge in [-0.3, -0.25) is 4.79 Å². The molecule has 0 aliphatic rings. The van der Waals surface area contributed by atoms with Crippen LogP contribution in [0.25, 0.3) is 11.3 Å². The summed E-state index contributed by atoms with van der Waals surface area (Å²) < 4.78 is 74.7. The number of ether oxygens (including phenoxy) is 3. The average molecular weight is 686 g/mol. The summed E-state index contributed by atoms with van der Waals surface area (Å²) in [6.07, 6.45) is -5.07. The minimum absolute atomic E-state index is 0.00290. The van der Waals surface area contributed by atoms with Crippen LogP contribution in [-0.4, -0.2) is 67.3 Å². The lowest BCUT2D eigenvalue weighted by atomic mass is 9.94. The fraction of sp³-hybridized carbons (Fsp3) is 0.333. The van der Waals surface area contributed by atoms with Crippen LogP contribution < -0.4 is 24.8 Å². The van der Waals surface area contributed by atoms with Crippen molar-refractivity contribution in [3.63, 3.8) is 0 Å². The highest BCUT2D eigenvalue weighted by Gasteiger charge is 2.56. The maximum Gasteiger partial charge on any atom is 0.424 e. The van der Waals surface area contributed by atoms with Crippen LogP contribution in [0, 0.1) is 5.82 Å². The predicted molar refractivity (Wildman–Crippen MR) is 175 cm³/mol. The maximum atomic E-state index is 14.7. The van der Waals surface area contributed by atoms with Crippen molar-refractivity contribution >= 4 is 5.91 Å². The Balaban J connectivity index is 1.64. The number of aryl methyl sites for hydroxylation is 1. The molecule has 0 radical (unpaired) electrons. The highest BCUT2D eigenvalue weighted by molar-refractivity contribution is 5.95. The Bertz CT molecular complexity index is 1690. The standard InChI is InChI=1S/C36H39F4N3O6/c1-4-24-21-31(35(46,36(38,39)40)22-42-34(45)27-12-15-29(48-19-17-44)30(20-27)47-3)43-32(26-10-13-28(37)14-11-26)33(24)49-18-16-41-23(2)25-8-6-5-7-9-25/h5-15,20-21,23,41,44,46H,4,16-19,22H2,1-3H3,(H,42,45)/t23-,35-/m0/s1. The second kappa shape index (κ2) is 16.6. The Labute approximate surface area is 281 Å². The molecule has 0 aliphatic carbocycles.